The van der Waals surface area contributed by atoms with Crippen molar-refractivity contribution in [1.82, 2.24) is 9.55 Å². The highest BCUT2D eigenvalue weighted by Crippen LogP contribution is 2.23. The first-order valence-corrected chi connectivity index (χ1v) is 8.96. The highest BCUT2D eigenvalue weighted by molar-refractivity contribution is 5.96. The first-order chi connectivity index (χ1) is 14.3. The van der Waals surface area contributed by atoms with Crippen molar-refractivity contribution in [1.29, 1.82) is 0 Å². The molecule has 3 rings (SSSR count). The van der Waals surface area contributed by atoms with Crippen LogP contribution in [0.2, 0.25) is 0 Å². The second-order valence-electron chi connectivity index (χ2n) is 6.54. The molecule has 0 aliphatic carbocycles. The van der Waals surface area contributed by atoms with E-state index in [1.54, 1.807) is 12.1 Å². The Hall–Kier alpha value is -4.08. The predicted molar refractivity (Wildman–Crippen MR) is 108 cm³/mol. The zero-order chi connectivity index (χ0) is 21.8. The van der Waals surface area contributed by atoms with E-state index in [9.17, 15) is 24.5 Å². The van der Waals surface area contributed by atoms with Crippen molar-refractivity contribution >= 4 is 34.2 Å². The van der Waals surface area contributed by atoms with Crippen molar-refractivity contribution < 1.29 is 19.2 Å². The van der Waals surface area contributed by atoms with Gasteiger partial charge in [0.2, 0.25) is 0 Å². The van der Waals surface area contributed by atoms with Crippen molar-refractivity contribution in [3.63, 3.8) is 0 Å². The van der Waals surface area contributed by atoms with Gasteiger partial charge in [-0.2, -0.15) is 0 Å². The number of amides is 1. The molecule has 0 fully saturated rings. The Labute approximate surface area is 170 Å². The fourth-order valence-electron chi connectivity index (χ4n) is 2.85. The van der Waals surface area contributed by atoms with E-state index in [1.165, 1.54) is 37.5 Å². The zero-order valence-corrected chi connectivity index (χ0v) is 16.2. The van der Waals surface area contributed by atoms with Crippen molar-refractivity contribution in [2.45, 2.75) is 26.5 Å². The molecule has 0 saturated heterocycles. The van der Waals surface area contributed by atoms with Crippen LogP contribution >= 0.6 is 0 Å². The van der Waals surface area contributed by atoms with Crippen LogP contribution in [0.15, 0.2) is 53.6 Å². The van der Waals surface area contributed by atoms with Gasteiger partial charge in [-0.3, -0.25) is 29.1 Å². The molecule has 0 aliphatic rings. The summed E-state index contributed by atoms with van der Waals surface area (Å²) in [7, 11) is 0. The van der Waals surface area contributed by atoms with E-state index in [4.69, 9.17) is 4.74 Å². The zero-order valence-electron chi connectivity index (χ0n) is 16.2. The van der Waals surface area contributed by atoms with E-state index in [0.29, 0.717) is 10.9 Å². The average Bonchev–Trinajstić information content (AvgIpc) is 2.70. The summed E-state index contributed by atoms with van der Waals surface area (Å²) in [4.78, 5) is 51.6. The van der Waals surface area contributed by atoms with Crippen LogP contribution in [0.5, 0.6) is 0 Å². The minimum absolute atomic E-state index is 0.0132. The Morgan fingerprint density at radius 2 is 1.97 bits per heavy atom. The predicted octanol–water partition coefficient (Wildman–Crippen LogP) is 2.18. The third-order valence-electron chi connectivity index (χ3n) is 4.39. The number of hydrogen-bond donors (Lipinski definition) is 1. The minimum atomic E-state index is -1.23. The van der Waals surface area contributed by atoms with Crippen LogP contribution in [0.4, 0.5) is 11.4 Å². The maximum Gasteiger partial charge on any atom is 0.326 e. The summed E-state index contributed by atoms with van der Waals surface area (Å²) in [5, 5.41) is 13.8. The molecule has 0 aliphatic heterocycles. The van der Waals surface area contributed by atoms with Gasteiger partial charge in [0.05, 0.1) is 22.2 Å². The molecule has 1 N–H and O–H groups in total. The van der Waals surface area contributed by atoms with Gasteiger partial charge < -0.3 is 10.1 Å². The quantitative estimate of drug-likeness (QED) is 0.374. The number of anilines is 1. The monoisotopic (exact) mass is 410 g/mol. The Morgan fingerprint density at radius 1 is 1.23 bits per heavy atom. The van der Waals surface area contributed by atoms with Gasteiger partial charge in [-0.1, -0.05) is 24.3 Å². The smallest absolute Gasteiger partial charge is 0.326 e. The molecule has 3 aromatic rings. The lowest BCUT2D eigenvalue weighted by molar-refractivity contribution is -0.383. The van der Waals surface area contributed by atoms with E-state index in [2.05, 4.69) is 10.3 Å². The first kappa shape index (κ1) is 20.6. The van der Waals surface area contributed by atoms with Gasteiger partial charge in [0.1, 0.15) is 12.2 Å². The average molecular weight is 410 g/mol. The van der Waals surface area contributed by atoms with E-state index in [-0.39, 0.29) is 11.4 Å². The lowest BCUT2D eigenvalue weighted by atomic mass is 10.1. The molecule has 0 saturated carbocycles. The van der Waals surface area contributed by atoms with Crippen molar-refractivity contribution in [2.24, 2.45) is 0 Å². The topological polar surface area (TPSA) is 133 Å². The highest BCUT2D eigenvalue weighted by atomic mass is 16.6. The second-order valence-corrected chi connectivity index (χ2v) is 6.54. The SMILES string of the molecule is Cc1cccc2c(=O)n(CC(=O)OC(C)C(=O)Nc3ccccc3[N+](=O)[O-])cnc12. The van der Waals surface area contributed by atoms with Crippen LogP contribution in [-0.4, -0.2) is 32.5 Å². The van der Waals surface area contributed by atoms with Gasteiger partial charge in [-0.05, 0) is 31.5 Å². The van der Waals surface area contributed by atoms with E-state index >= 15 is 0 Å². The fraction of sp³-hybridized carbons (Fsp3) is 0.200. The number of nitrogens with zero attached hydrogens (tertiary/aromatic N) is 3. The number of aromatic nitrogens is 2. The molecule has 0 radical (unpaired) electrons. The number of rotatable bonds is 6. The number of ether oxygens (including phenoxy) is 1. The van der Waals surface area contributed by atoms with Crippen LogP contribution in [0.1, 0.15) is 12.5 Å². The second kappa shape index (κ2) is 8.52. The number of nitrogens with one attached hydrogen (secondary N) is 1. The summed E-state index contributed by atoms with van der Waals surface area (Å²) >= 11 is 0. The van der Waals surface area contributed by atoms with Crippen LogP contribution in [-0.2, 0) is 20.9 Å². The summed E-state index contributed by atoms with van der Waals surface area (Å²) in [5.74, 6) is -1.56. The van der Waals surface area contributed by atoms with Crippen LogP contribution in [0.3, 0.4) is 0 Å². The number of esters is 1. The fourth-order valence-corrected chi connectivity index (χ4v) is 2.85. The molecule has 1 aromatic heterocycles. The number of hydrogen-bond acceptors (Lipinski definition) is 7. The number of nitro benzene ring substituents is 1. The Kier molecular flexibility index (Phi) is 5.86. The van der Waals surface area contributed by atoms with Gasteiger partial charge in [0.25, 0.3) is 17.2 Å². The van der Waals surface area contributed by atoms with E-state index in [0.717, 1.165) is 10.1 Å². The molecule has 154 valence electrons. The molecule has 0 bridgehead atoms. The van der Waals surface area contributed by atoms with Crippen LogP contribution < -0.4 is 10.9 Å². The van der Waals surface area contributed by atoms with Crippen molar-refractivity contribution in [3.8, 4) is 0 Å². The standard InChI is InChI=1S/C20H18N4O6/c1-12-6-5-7-14-18(12)21-11-23(20(14)27)10-17(25)30-13(2)19(26)22-15-8-3-4-9-16(15)24(28)29/h3-9,11,13H,10H2,1-2H3,(H,22,26). The molecule has 0 spiro atoms. The Bertz CT molecular complexity index is 1200. The van der Waals surface area contributed by atoms with Gasteiger partial charge in [0, 0.05) is 6.07 Å². The van der Waals surface area contributed by atoms with Crippen molar-refractivity contribution in [2.75, 3.05) is 5.32 Å². The summed E-state index contributed by atoms with van der Waals surface area (Å²) < 4.78 is 6.17. The summed E-state index contributed by atoms with van der Waals surface area (Å²) in [5.41, 5.74) is 0.677. The highest BCUT2D eigenvalue weighted by Gasteiger charge is 2.22. The number of para-hydroxylation sites is 3. The molecule has 1 atom stereocenters. The Balaban J connectivity index is 1.68. The van der Waals surface area contributed by atoms with Gasteiger partial charge >= 0.3 is 5.97 Å². The molecule has 1 unspecified atom stereocenters. The lowest BCUT2D eigenvalue weighted by Gasteiger charge is -2.14. The number of aryl methyl sites for hydroxylation is 1. The van der Waals surface area contributed by atoms with Crippen LogP contribution in [0.25, 0.3) is 10.9 Å². The van der Waals surface area contributed by atoms with Gasteiger partial charge in [-0.25, -0.2) is 4.98 Å². The Morgan fingerprint density at radius 3 is 2.70 bits per heavy atom. The number of nitro groups is 1. The first-order valence-electron chi connectivity index (χ1n) is 8.96. The summed E-state index contributed by atoms with van der Waals surface area (Å²) in [6.45, 7) is 2.72. The van der Waals surface area contributed by atoms with Gasteiger partial charge in [-0.15, -0.1) is 0 Å². The molecular weight excluding hydrogens is 392 g/mol. The molecular formula is C20H18N4O6. The number of benzene rings is 2. The molecule has 1 amide bonds. The van der Waals surface area contributed by atoms with Crippen molar-refractivity contribution in [3.05, 3.63) is 74.8 Å². The normalized spacial score (nSPS) is 11.7. The molecule has 30 heavy (non-hydrogen) atoms. The number of fused-ring (bicyclic) bond motifs is 1. The molecule has 1 heterocycles. The maximum atomic E-state index is 12.6. The molecule has 10 heteroatoms. The largest absolute Gasteiger partial charge is 0.451 e. The van der Waals surface area contributed by atoms with E-state index in [1.807, 2.05) is 13.0 Å². The number of carbonyl (C=O) groups excluding carboxylic acids is 2. The van der Waals surface area contributed by atoms with E-state index < -0.39 is 35.0 Å². The summed E-state index contributed by atoms with van der Waals surface area (Å²) in [6.07, 6.45) is 0.0143. The minimum Gasteiger partial charge on any atom is -0.451 e. The molecule has 10 nitrogen and oxygen atoms in total. The molecule has 2 aromatic carbocycles. The third-order valence-corrected chi connectivity index (χ3v) is 4.39. The lowest BCUT2D eigenvalue weighted by Crippen LogP contribution is -2.33. The van der Waals surface area contributed by atoms with Gasteiger partial charge in [0.15, 0.2) is 6.10 Å². The number of carbonyl (C=O) groups is 2. The third kappa shape index (κ3) is 4.32. The maximum absolute atomic E-state index is 12.6. The summed E-state index contributed by atoms with van der Waals surface area (Å²) in [6, 6.07) is 10.8. The van der Waals surface area contributed by atoms with Crippen LogP contribution in [0, 0.1) is 17.0 Å².